The molecule has 2 rings (SSSR count). The van der Waals surface area contributed by atoms with E-state index in [9.17, 15) is 17.6 Å². The van der Waals surface area contributed by atoms with Gasteiger partial charge >= 0.3 is 0 Å². The molecule has 0 bridgehead atoms. The SMILES string of the molecule is CN(C(=O)c1cc(F)ccc1NS(C)(=O)=O)C1CCNC1. The lowest BCUT2D eigenvalue weighted by Gasteiger charge is -2.25. The van der Waals surface area contributed by atoms with Crippen LogP contribution in [0.2, 0.25) is 0 Å². The number of rotatable bonds is 4. The Balaban J connectivity index is 2.32. The van der Waals surface area contributed by atoms with Crippen LogP contribution in [-0.4, -0.2) is 51.7 Å². The molecular weight excluding hydrogens is 297 g/mol. The fraction of sp³-hybridized carbons (Fsp3) is 0.462. The molecule has 1 atom stereocenters. The summed E-state index contributed by atoms with van der Waals surface area (Å²) in [6.45, 7) is 1.49. The summed E-state index contributed by atoms with van der Waals surface area (Å²) >= 11 is 0. The zero-order valence-corrected chi connectivity index (χ0v) is 12.7. The molecule has 1 saturated heterocycles. The molecule has 1 amide bonds. The number of hydrogen-bond donors (Lipinski definition) is 2. The standard InChI is InChI=1S/C13H18FN3O3S/c1-17(10-5-6-15-8-10)13(18)11-7-9(14)3-4-12(11)16-21(2,19)20/h3-4,7,10,15-16H,5-6,8H2,1-2H3. The van der Waals surface area contributed by atoms with E-state index in [-0.39, 0.29) is 17.3 Å². The third-order valence-corrected chi connectivity index (χ3v) is 4.00. The largest absolute Gasteiger partial charge is 0.337 e. The molecule has 0 aromatic heterocycles. The maximum Gasteiger partial charge on any atom is 0.256 e. The number of halogens is 1. The second-order valence-electron chi connectivity index (χ2n) is 5.13. The molecule has 1 aromatic rings. The van der Waals surface area contributed by atoms with Crippen LogP contribution < -0.4 is 10.0 Å². The minimum atomic E-state index is -3.55. The van der Waals surface area contributed by atoms with Crippen molar-refractivity contribution in [2.24, 2.45) is 0 Å². The Morgan fingerprint density at radius 1 is 1.48 bits per heavy atom. The van der Waals surface area contributed by atoms with Crippen LogP contribution in [0.3, 0.4) is 0 Å². The zero-order valence-electron chi connectivity index (χ0n) is 11.9. The maximum atomic E-state index is 13.4. The highest BCUT2D eigenvalue weighted by atomic mass is 32.2. The molecule has 0 spiro atoms. The first-order valence-corrected chi connectivity index (χ1v) is 8.42. The van der Waals surface area contributed by atoms with Crippen LogP contribution in [0.5, 0.6) is 0 Å². The van der Waals surface area contributed by atoms with Crippen LogP contribution in [0.4, 0.5) is 10.1 Å². The van der Waals surface area contributed by atoms with Crippen LogP contribution in [0.25, 0.3) is 0 Å². The van der Waals surface area contributed by atoms with E-state index in [0.717, 1.165) is 31.4 Å². The van der Waals surface area contributed by atoms with E-state index in [1.807, 2.05) is 0 Å². The topological polar surface area (TPSA) is 78.5 Å². The average molecular weight is 315 g/mol. The summed E-state index contributed by atoms with van der Waals surface area (Å²) in [6, 6.07) is 3.44. The molecule has 8 heteroatoms. The number of hydrogen-bond acceptors (Lipinski definition) is 4. The molecule has 1 fully saturated rings. The molecule has 0 saturated carbocycles. The Labute approximate surface area is 123 Å². The molecule has 116 valence electrons. The lowest BCUT2D eigenvalue weighted by molar-refractivity contribution is 0.0744. The van der Waals surface area contributed by atoms with Crippen LogP contribution >= 0.6 is 0 Å². The zero-order chi connectivity index (χ0) is 15.6. The highest BCUT2D eigenvalue weighted by Gasteiger charge is 2.26. The van der Waals surface area contributed by atoms with Crippen LogP contribution in [-0.2, 0) is 10.0 Å². The summed E-state index contributed by atoms with van der Waals surface area (Å²) in [5, 5.41) is 3.14. The quantitative estimate of drug-likeness (QED) is 0.854. The van der Waals surface area contributed by atoms with Crippen LogP contribution in [0, 0.1) is 5.82 Å². The second-order valence-corrected chi connectivity index (χ2v) is 6.88. The third-order valence-electron chi connectivity index (χ3n) is 3.41. The van der Waals surface area contributed by atoms with Gasteiger partial charge in [-0.25, -0.2) is 12.8 Å². The summed E-state index contributed by atoms with van der Waals surface area (Å²) in [5.74, 6) is -0.996. The van der Waals surface area contributed by atoms with Gasteiger partial charge in [0, 0.05) is 19.6 Å². The van der Waals surface area contributed by atoms with Crippen molar-refractivity contribution in [3.8, 4) is 0 Å². The lowest BCUT2D eigenvalue weighted by atomic mass is 10.1. The Morgan fingerprint density at radius 3 is 2.76 bits per heavy atom. The smallest absolute Gasteiger partial charge is 0.256 e. The fourth-order valence-electron chi connectivity index (χ4n) is 2.31. The van der Waals surface area contributed by atoms with Crippen molar-refractivity contribution in [3.05, 3.63) is 29.6 Å². The van der Waals surface area contributed by atoms with Crippen molar-refractivity contribution in [3.63, 3.8) is 0 Å². The molecule has 6 nitrogen and oxygen atoms in total. The minimum Gasteiger partial charge on any atom is -0.337 e. The number of nitrogens with one attached hydrogen (secondary N) is 2. The molecule has 1 aliphatic heterocycles. The molecular formula is C13H18FN3O3S. The molecule has 2 N–H and O–H groups in total. The second kappa shape index (κ2) is 5.98. The highest BCUT2D eigenvalue weighted by Crippen LogP contribution is 2.21. The Morgan fingerprint density at radius 2 is 2.19 bits per heavy atom. The number of benzene rings is 1. The number of nitrogens with zero attached hydrogens (tertiary/aromatic N) is 1. The normalized spacial score (nSPS) is 18.5. The van der Waals surface area contributed by atoms with Gasteiger partial charge in [0.1, 0.15) is 5.82 Å². The molecule has 0 radical (unpaired) electrons. The molecule has 1 aromatic carbocycles. The van der Waals surface area contributed by atoms with E-state index in [0.29, 0.717) is 6.54 Å². The van der Waals surface area contributed by atoms with Gasteiger partial charge in [-0.1, -0.05) is 0 Å². The van der Waals surface area contributed by atoms with Gasteiger partial charge in [0.05, 0.1) is 17.5 Å². The van der Waals surface area contributed by atoms with Crippen LogP contribution in [0.15, 0.2) is 18.2 Å². The average Bonchev–Trinajstić information content (AvgIpc) is 2.91. The van der Waals surface area contributed by atoms with Crippen molar-refractivity contribution in [1.82, 2.24) is 10.2 Å². The summed E-state index contributed by atoms with van der Waals surface area (Å²) in [4.78, 5) is 14.0. The number of carbonyl (C=O) groups is 1. The number of likely N-dealkylation sites (N-methyl/N-ethyl adjacent to an activating group) is 1. The summed E-state index contributed by atoms with van der Waals surface area (Å²) in [5.41, 5.74) is 0.0940. The van der Waals surface area contributed by atoms with Crippen molar-refractivity contribution < 1.29 is 17.6 Å². The van der Waals surface area contributed by atoms with Gasteiger partial charge in [-0.05, 0) is 31.2 Å². The Hall–Kier alpha value is -1.67. The summed E-state index contributed by atoms with van der Waals surface area (Å²) < 4.78 is 38.4. The van der Waals surface area contributed by atoms with E-state index < -0.39 is 21.7 Å². The van der Waals surface area contributed by atoms with E-state index in [2.05, 4.69) is 10.0 Å². The predicted molar refractivity (Wildman–Crippen MR) is 78.2 cm³/mol. The Kier molecular flexibility index (Phi) is 4.48. The monoisotopic (exact) mass is 315 g/mol. The molecule has 1 unspecified atom stereocenters. The van der Waals surface area contributed by atoms with Crippen LogP contribution in [0.1, 0.15) is 16.8 Å². The van der Waals surface area contributed by atoms with Crippen molar-refractivity contribution in [2.75, 3.05) is 31.1 Å². The minimum absolute atomic E-state index is 0.00910. The Bertz CT molecular complexity index is 642. The van der Waals surface area contributed by atoms with Gasteiger partial charge in [-0.15, -0.1) is 0 Å². The van der Waals surface area contributed by atoms with E-state index in [4.69, 9.17) is 0 Å². The van der Waals surface area contributed by atoms with E-state index in [1.54, 1.807) is 7.05 Å². The van der Waals surface area contributed by atoms with Gasteiger partial charge in [0.2, 0.25) is 10.0 Å². The van der Waals surface area contributed by atoms with Gasteiger partial charge < -0.3 is 10.2 Å². The van der Waals surface area contributed by atoms with Crippen molar-refractivity contribution >= 4 is 21.6 Å². The van der Waals surface area contributed by atoms with Crippen molar-refractivity contribution in [2.45, 2.75) is 12.5 Å². The fourth-order valence-corrected chi connectivity index (χ4v) is 2.89. The molecule has 21 heavy (non-hydrogen) atoms. The highest BCUT2D eigenvalue weighted by molar-refractivity contribution is 7.92. The van der Waals surface area contributed by atoms with Gasteiger partial charge in [-0.2, -0.15) is 0 Å². The molecule has 1 heterocycles. The predicted octanol–water partition coefficient (Wildman–Crippen LogP) is 0.631. The number of carbonyl (C=O) groups excluding carboxylic acids is 1. The molecule has 0 aliphatic carbocycles. The number of sulfonamides is 1. The van der Waals surface area contributed by atoms with Gasteiger partial charge in [0.25, 0.3) is 5.91 Å². The summed E-state index contributed by atoms with van der Waals surface area (Å²) in [7, 11) is -1.91. The third kappa shape index (κ3) is 3.92. The first kappa shape index (κ1) is 15.7. The lowest BCUT2D eigenvalue weighted by Crippen LogP contribution is -2.38. The number of anilines is 1. The first-order chi connectivity index (χ1) is 9.78. The van der Waals surface area contributed by atoms with E-state index in [1.165, 1.54) is 11.0 Å². The summed E-state index contributed by atoms with van der Waals surface area (Å²) in [6.07, 6.45) is 1.79. The van der Waals surface area contributed by atoms with Gasteiger partial charge in [0.15, 0.2) is 0 Å². The maximum absolute atomic E-state index is 13.4. The molecule has 1 aliphatic rings. The first-order valence-electron chi connectivity index (χ1n) is 6.53. The van der Waals surface area contributed by atoms with Gasteiger partial charge in [-0.3, -0.25) is 9.52 Å². The number of amides is 1. The van der Waals surface area contributed by atoms with E-state index >= 15 is 0 Å². The van der Waals surface area contributed by atoms with Crippen molar-refractivity contribution in [1.29, 1.82) is 0 Å².